The van der Waals surface area contributed by atoms with Crippen molar-refractivity contribution in [2.24, 2.45) is 45.3 Å². The summed E-state index contributed by atoms with van der Waals surface area (Å²) in [4.78, 5) is 0. The second-order valence-corrected chi connectivity index (χ2v) is 25.3. The van der Waals surface area contributed by atoms with Crippen LogP contribution in [0.15, 0.2) is 11.6 Å². The first-order chi connectivity index (χ1) is 34.2. The summed E-state index contributed by atoms with van der Waals surface area (Å²) in [7, 11) is 0. The van der Waals surface area contributed by atoms with Crippen molar-refractivity contribution in [3.05, 3.63) is 11.6 Å². The zero-order valence-electron chi connectivity index (χ0n) is 43.4. The smallest absolute Gasteiger partial charge is 0.187 e. The fraction of sp³-hybridized carbons (Fsp3) is 0.962. The molecule has 6 aliphatic heterocycles. The van der Waals surface area contributed by atoms with E-state index < -0.39 is 147 Å². The lowest BCUT2D eigenvalue weighted by molar-refractivity contribution is -0.399. The molecule has 0 amide bonds. The molecule has 10 fully saturated rings. The van der Waals surface area contributed by atoms with E-state index >= 15 is 0 Å². The summed E-state index contributed by atoms with van der Waals surface area (Å²) in [6.45, 7) is 15.9. The minimum Gasteiger partial charge on any atom is -0.394 e. The predicted octanol–water partition coefficient (Wildman–Crippen LogP) is -0.542. The molecule has 10 rings (SSSR count). The van der Waals surface area contributed by atoms with Crippen molar-refractivity contribution in [3.8, 4) is 0 Å². The van der Waals surface area contributed by atoms with Crippen molar-refractivity contribution in [1.29, 1.82) is 0 Å². The van der Waals surface area contributed by atoms with E-state index in [1.54, 1.807) is 0 Å². The van der Waals surface area contributed by atoms with Gasteiger partial charge in [0.15, 0.2) is 30.9 Å². The van der Waals surface area contributed by atoms with Crippen LogP contribution in [0.25, 0.3) is 0 Å². The van der Waals surface area contributed by atoms with E-state index in [-0.39, 0.29) is 46.7 Å². The highest BCUT2D eigenvalue weighted by Crippen LogP contribution is 2.80. The molecule has 418 valence electrons. The molecule has 2 bridgehead atoms. The summed E-state index contributed by atoms with van der Waals surface area (Å²) in [5.74, 6) is -0.230. The van der Waals surface area contributed by atoms with Gasteiger partial charge in [0.2, 0.25) is 0 Å². The zero-order chi connectivity index (χ0) is 52.7. The van der Waals surface area contributed by atoms with Gasteiger partial charge in [-0.3, -0.25) is 0 Å². The Hall–Kier alpha value is -1.10. The Morgan fingerprint density at radius 3 is 2.03 bits per heavy atom. The van der Waals surface area contributed by atoms with Crippen LogP contribution in [-0.4, -0.2) is 217 Å². The molecular formula is C52H84O21. The Kier molecular flexibility index (Phi) is 14.8. The third-order valence-corrected chi connectivity index (χ3v) is 20.4. The topological polar surface area (TPSA) is 315 Å². The van der Waals surface area contributed by atoms with Crippen LogP contribution >= 0.6 is 0 Å². The maximum absolute atomic E-state index is 12.3. The van der Waals surface area contributed by atoms with Crippen LogP contribution < -0.4 is 0 Å². The van der Waals surface area contributed by atoms with Gasteiger partial charge in [-0.15, -0.1) is 0 Å². The van der Waals surface area contributed by atoms with Crippen molar-refractivity contribution in [2.75, 3.05) is 26.4 Å². The van der Waals surface area contributed by atoms with Gasteiger partial charge >= 0.3 is 0 Å². The van der Waals surface area contributed by atoms with Gasteiger partial charge in [0.05, 0.1) is 50.3 Å². The monoisotopic (exact) mass is 1040 g/mol. The molecule has 21 heteroatoms. The molecule has 0 aromatic rings. The van der Waals surface area contributed by atoms with E-state index in [0.717, 1.165) is 44.1 Å². The zero-order valence-corrected chi connectivity index (χ0v) is 43.4. The third kappa shape index (κ3) is 8.77. The number of aliphatic hydroxyl groups excluding tert-OH is 10. The van der Waals surface area contributed by atoms with E-state index in [9.17, 15) is 56.2 Å². The summed E-state index contributed by atoms with van der Waals surface area (Å²) in [6, 6.07) is 0. The molecule has 0 aromatic heterocycles. The highest BCUT2D eigenvalue weighted by atomic mass is 16.8. The van der Waals surface area contributed by atoms with Crippen LogP contribution in [0.5, 0.6) is 0 Å². The molecule has 0 unspecified atom stereocenters. The van der Waals surface area contributed by atoms with Gasteiger partial charge in [-0.2, -0.15) is 0 Å². The molecule has 10 aliphatic rings. The van der Waals surface area contributed by atoms with Gasteiger partial charge in [-0.05, 0) is 100 Å². The third-order valence-electron chi connectivity index (χ3n) is 20.4. The number of ether oxygens (including phenoxy) is 10. The summed E-state index contributed by atoms with van der Waals surface area (Å²) >= 11 is 0. The number of rotatable bonds is 10. The van der Waals surface area contributed by atoms with Crippen molar-refractivity contribution < 1.29 is 104 Å². The molecular weight excluding hydrogens is 961 g/mol. The van der Waals surface area contributed by atoms with Crippen molar-refractivity contribution in [1.82, 2.24) is 0 Å². The molecule has 6 saturated heterocycles. The van der Waals surface area contributed by atoms with Gasteiger partial charge in [0.25, 0.3) is 0 Å². The van der Waals surface area contributed by atoms with Crippen molar-refractivity contribution >= 4 is 0 Å². The maximum Gasteiger partial charge on any atom is 0.187 e. The van der Waals surface area contributed by atoms with Crippen LogP contribution in [0, 0.1) is 45.3 Å². The van der Waals surface area contributed by atoms with Crippen LogP contribution in [-0.2, 0) is 47.4 Å². The van der Waals surface area contributed by atoms with Crippen molar-refractivity contribution in [2.45, 2.75) is 241 Å². The number of hydrogen-bond acceptors (Lipinski definition) is 21. The first kappa shape index (κ1) is 55.2. The number of hydrogen-bond donors (Lipinski definition) is 11. The van der Waals surface area contributed by atoms with Crippen LogP contribution in [0.2, 0.25) is 0 Å². The van der Waals surface area contributed by atoms with Gasteiger partial charge in [-0.1, -0.05) is 39.3 Å². The van der Waals surface area contributed by atoms with Gasteiger partial charge < -0.3 is 104 Å². The molecule has 11 N–H and O–H groups in total. The lowest BCUT2D eigenvalue weighted by atomic mass is 9.35. The molecule has 21 nitrogen and oxygen atoms in total. The SMILES string of the molecule is CC(C)=C[C@H]1C[C@](C)(O)[C@@H]2[C@H]3CC[C@@H]4[C@@]5(C)CC[C@H](O[C@@H]6OC[C@H](O)[C@H](O[C@@H]7O[C@H](CO)[C@@H](O)[C@H](O)[C@H]7O[C@@H]7OC[C@@H](O)[C@H](O)[C@H]7O)[C@H]6O[C@@H]6O[C@@H](C)[C@@H](O)[C@@H](O)[C@H]6O)C(C)(C)[C@@H]5CC[C@@]4(C)[C@@]34CO[C@@]2(C4)O1. The minimum atomic E-state index is -1.87. The average molecular weight is 1050 g/mol. The molecule has 29 atom stereocenters. The summed E-state index contributed by atoms with van der Waals surface area (Å²) in [6.07, 6.45) is -20.8. The lowest BCUT2D eigenvalue weighted by Gasteiger charge is -2.70. The highest BCUT2D eigenvalue weighted by Gasteiger charge is 2.81. The second kappa shape index (κ2) is 19.6. The minimum absolute atomic E-state index is 0.108. The molecule has 6 heterocycles. The Morgan fingerprint density at radius 1 is 0.644 bits per heavy atom. The van der Waals surface area contributed by atoms with Gasteiger partial charge in [0, 0.05) is 24.2 Å². The number of fused-ring (bicyclic) bond motifs is 4. The highest BCUT2D eigenvalue weighted by molar-refractivity contribution is 5.27. The average Bonchev–Trinajstić information content (AvgIpc) is 3.85. The fourth-order valence-electron chi connectivity index (χ4n) is 16.9. The van der Waals surface area contributed by atoms with Crippen LogP contribution in [0.1, 0.15) is 107 Å². The Balaban J connectivity index is 0.919. The Labute approximate surface area is 426 Å². The van der Waals surface area contributed by atoms with E-state index in [1.165, 1.54) is 6.92 Å². The molecule has 0 aromatic carbocycles. The molecule has 4 saturated carbocycles. The molecule has 2 spiro atoms. The van der Waals surface area contributed by atoms with Crippen LogP contribution in [0.4, 0.5) is 0 Å². The quantitative estimate of drug-likeness (QED) is 0.0967. The van der Waals surface area contributed by atoms with E-state index in [0.29, 0.717) is 25.4 Å². The molecule has 73 heavy (non-hydrogen) atoms. The molecule has 4 aliphatic carbocycles. The van der Waals surface area contributed by atoms with E-state index in [1.807, 2.05) is 6.92 Å². The van der Waals surface area contributed by atoms with E-state index in [4.69, 9.17) is 47.4 Å². The van der Waals surface area contributed by atoms with E-state index in [2.05, 4.69) is 47.6 Å². The number of allylic oxidation sites excluding steroid dienone is 1. The fourth-order valence-corrected chi connectivity index (χ4v) is 16.9. The number of aliphatic hydroxyl groups is 11. The first-order valence-corrected chi connectivity index (χ1v) is 26.8. The van der Waals surface area contributed by atoms with Gasteiger partial charge in [-0.25, -0.2) is 0 Å². The maximum atomic E-state index is 12.3. The lowest BCUT2D eigenvalue weighted by Crippen LogP contribution is -2.68. The summed E-state index contributed by atoms with van der Waals surface area (Å²) in [5, 5.41) is 121. The van der Waals surface area contributed by atoms with Gasteiger partial charge in [0.1, 0.15) is 79.4 Å². The summed E-state index contributed by atoms with van der Waals surface area (Å²) < 4.78 is 63.4. The summed E-state index contributed by atoms with van der Waals surface area (Å²) in [5.41, 5.74) is -0.717. The standard InChI is InChI=1S/C52H84O21/c1-22(2)15-24-16-50(8,63)42-25-9-10-30-48(6)13-12-31(47(4,5)29(48)11-14-49(30,7)51(25)20-52(42,73-24)66-21-51)69-45-41(72-44-38(62)35(59)32(56)23(3)67-44)39(27(55)19-65-45)70-46-40(36(60)34(58)28(17-53)68-46)71-43-37(61)33(57)26(54)18-64-43/h15,23-46,53-63H,9-14,16-21H2,1-8H3/t23-,24-,25+,26+,27-,28+,29-,30+,31-,32+,33-,34+,35+,36-,37+,38+,39-,40+,41+,42-,43-,44-,45-,46-,48-,49+,50-,51-,52-/m0/s1. The predicted molar refractivity (Wildman–Crippen MR) is 250 cm³/mol. The Bertz CT molecular complexity index is 2010. The Morgan fingerprint density at radius 2 is 1.32 bits per heavy atom. The van der Waals surface area contributed by atoms with Crippen molar-refractivity contribution in [3.63, 3.8) is 0 Å². The second-order valence-electron chi connectivity index (χ2n) is 25.3. The van der Waals surface area contributed by atoms with Crippen LogP contribution in [0.3, 0.4) is 0 Å². The normalized spacial score (nSPS) is 57.5. The first-order valence-electron chi connectivity index (χ1n) is 26.8. The largest absolute Gasteiger partial charge is 0.394 e. The molecule has 0 radical (unpaired) electrons.